The summed E-state index contributed by atoms with van der Waals surface area (Å²) in [5.74, 6) is -0.250. The standard InChI is InChI=1S/C33H42N2O5S/c1-31(2,3)25-15-14-23(18-26(25)39-8)29(36)35-27(28-34-16-17-41-28)24(21-38-7)20-33(35,30(37)40-32(4,5)6)19-22-12-10-9-11-13-22/h9-18,24,27H,19-21H2,1-8H3/t24?,27-,33+/m1/s1. The fraction of sp³-hybridized carbons (Fsp3) is 0.485. The van der Waals surface area contributed by atoms with Crippen LogP contribution in [0.4, 0.5) is 0 Å². The molecule has 3 aromatic rings. The number of hydrogen-bond donors (Lipinski definition) is 0. The van der Waals surface area contributed by atoms with E-state index in [1.54, 1.807) is 31.4 Å². The van der Waals surface area contributed by atoms with Gasteiger partial charge in [-0.1, -0.05) is 57.2 Å². The van der Waals surface area contributed by atoms with Gasteiger partial charge in [0.1, 0.15) is 21.9 Å². The van der Waals surface area contributed by atoms with Crippen molar-refractivity contribution >= 4 is 23.2 Å². The summed E-state index contributed by atoms with van der Waals surface area (Å²) in [6.07, 6.45) is 2.41. The van der Waals surface area contributed by atoms with Crippen LogP contribution in [0.3, 0.4) is 0 Å². The number of amides is 1. The molecule has 7 nitrogen and oxygen atoms in total. The lowest BCUT2D eigenvalue weighted by Gasteiger charge is -2.40. The van der Waals surface area contributed by atoms with E-state index in [2.05, 4.69) is 25.8 Å². The summed E-state index contributed by atoms with van der Waals surface area (Å²) in [7, 11) is 3.26. The molecule has 1 aliphatic heterocycles. The van der Waals surface area contributed by atoms with Crippen LogP contribution in [0.15, 0.2) is 60.1 Å². The first-order valence-electron chi connectivity index (χ1n) is 14.0. The number of benzene rings is 2. The Hall–Kier alpha value is -3.23. The molecule has 1 aromatic heterocycles. The van der Waals surface area contributed by atoms with Crippen LogP contribution < -0.4 is 4.74 Å². The van der Waals surface area contributed by atoms with E-state index in [-0.39, 0.29) is 17.2 Å². The number of carbonyl (C=O) groups excluding carboxylic acids is 2. The molecule has 8 heteroatoms. The highest BCUT2D eigenvalue weighted by Gasteiger charge is 2.60. The first-order chi connectivity index (χ1) is 19.3. The molecule has 1 saturated heterocycles. The number of carbonyl (C=O) groups is 2. The van der Waals surface area contributed by atoms with Crippen LogP contribution in [0.25, 0.3) is 0 Å². The molecule has 0 bridgehead atoms. The van der Waals surface area contributed by atoms with Crippen molar-refractivity contribution in [2.45, 2.75) is 77.0 Å². The highest BCUT2D eigenvalue weighted by atomic mass is 32.1. The fourth-order valence-corrected chi connectivity index (χ4v) is 6.62. The average Bonchev–Trinajstić information content (AvgIpc) is 3.54. The van der Waals surface area contributed by atoms with Crippen molar-refractivity contribution in [2.24, 2.45) is 5.92 Å². The minimum absolute atomic E-state index is 0.179. The number of aromatic nitrogens is 1. The molecule has 4 rings (SSSR count). The van der Waals surface area contributed by atoms with Gasteiger partial charge in [-0.25, -0.2) is 9.78 Å². The first kappa shape index (κ1) is 30.7. The quantitative estimate of drug-likeness (QED) is 0.280. The highest BCUT2D eigenvalue weighted by Crippen LogP contribution is 2.51. The third-order valence-electron chi connectivity index (χ3n) is 7.46. The predicted molar refractivity (Wildman–Crippen MR) is 161 cm³/mol. The smallest absolute Gasteiger partial charge is 0.332 e. The Balaban J connectivity index is 1.95. The van der Waals surface area contributed by atoms with Gasteiger partial charge in [-0.15, -0.1) is 11.3 Å². The van der Waals surface area contributed by atoms with E-state index >= 15 is 0 Å². The molecule has 2 aromatic carbocycles. The summed E-state index contributed by atoms with van der Waals surface area (Å²) in [5, 5.41) is 2.66. The van der Waals surface area contributed by atoms with Crippen molar-refractivity contribution in [3.05, 3.63) is 81.8 Å². The zero-order valence-corrected chi connectivity index (χ0v) is 26.2. The molecular weight excluding hydrogens is 536 g/mol. The average molecular weight is 579 g/mol. The second kappa shape index (κ2) is 11.9. The number of esters is 1. The van der Waals surface area contributed by atoms with Gasteiger partial charge in [-0.3, -0.25) is 4.79 Å². The largest absolute Gasteiger partial charge is 0.496 e. The maximum absolute atomic E-state index is 14.8. The Morgan fingerprint density at radius 1 is 1.05 bits per heavy atom. The van der Waals surface area contributed by atoms with Crippen LogP contribution in [0.1, 0.15) is 80.5 Å². The van der Waals surface area contributed by atoms with E-state index in [0.717, 1.165) is 16.1 Å². The van der Waals surface area contributed by atoms with Gasteiger partial charge < -0.3 is 19.1 Å². The van der Waals surface area contributed by atoms with Crippen molar-refractivity contribution in [3.63, 3.8) is 0 Å². The lowest BCUT2D eigenvalue weighted by atomic mass is 9.84. The number of ether oxygens (including phenoxy) is 3. The fourth-order valence-electron chi connectivity index (χ4n) is 5.80. The van der Waals surface area contributed by atoms with Crippen LogP contribution in [0.2, 0.25) is 0 Å². The Morgan fingerprint density at radius 3 is 2.32 bits per heavy atom. The predicted octanol–water partition coefficient (Wildman–Crippen LogP) is 6.62. The first-order valence-corrected chi connectivity index (χ1v) is 14.9. The molecule has 0 radical (unpaired) electrons. The van der Waals surface area contributed by atoms with Crippen LogP contribution in [-0.4, -0.2) is 53.7 Å². The SMILES string of the molecule is COCC1C[C@@](Cc2ccccc2)(C(=O)OC(C)(C)C)N(C(=O)c2ccc(C(C)(C)C)c(OC)c2)[C@H]1c1nccs1. The van der Waals surface area contributed by atoms with Gasteiger partial charge in [0.2, 0.25) is 0 Å². The number of nitrogens with zero attached hydrogens (tertiary/aromatic N) is 2. The van der Waals surface area contributed by atoms with Crippen LogP contribution in [0, 0.1) is 5.92 Å². The van der Waals surface area contributed by atoms with E-state index in [9.17, 15) is 9.59 Å². The van der Waals surface area contributed by atoms with E-state index in [4.69, 9.17) is 14.2 Å². The molecule has 0 aliphatic carbocycles. The van der Waals surface area contributed by atoms with Crippen LogP contribution >= 0.6 is 11.3 Å². The number of likely N-dealkylation sites (tertiary alicyclic amines) is 1. The maximum atomic E-state index is 14.8. The Kier molecular flexibility index (Phi) is 8.95. The van der Waals surface area contributed by atoms with Crippen molar-refractivity contribution in [2.75, 3.05) is 20.8 Å². The maximum Gasteiger partial charge on any atom is 0.332 e. The van der Waals surface area contributed by atoms with E-state index in [1.165, 1.54) is 11.3 Å². The lowest BCUT2D eigenvalue weighted by Crippen LogP contribution is -2.57. The molecular formula is C33H42N2O5S. The summed E-state index contributed by atoms with van der Waals surface area (Å²) in [4.78, 5) is 35.6. The van der Waals surface area contributed by atoms with Crippen LogP contribution in [-0.2, 0) is 26.1 Å². The molecule has 41 heavy (non-hydrogen) atoms. The molecule has 0 N–H and O–H groups in total. The summed E-state index contributed by atoms with van der Waals surface area (Å²) < 4.78 is 17.5. The monoisotopic (exact) mass is 578 g/mol. The molecule has 0 spiro atoms. The summed E-state index contributed by atoms with van der Waals surface area (Å²) in [6, 6.07) is 14.9. The third kappa shape index (κ3) is 6.49. The van der Waals surface area contributed by atoms with Gasteiger partial charge >= 0.3 is 5.97 Å². The molecule has 2 heterocycles. The van der Waals surface area contributed by atoms with Gasteiger partial charge in [0, 0.05) is 36.6 Å². The molecule has 1 amide bonds. The van der Waals surface area contributed by atoms with Crippen molar-refractivity contribution < 1.29 is 23.8 Å². The normalized spacial score (nSPS) is 21.1. The van der Waals surface area contributed by atoms with Crippen molar-refractivity contribution in [1.82, 2.24) is 9.88 Å². The number of thiazole rings is 1. The lowest BCUT2D eigenvalue weighted by molar-refractivity contribution is -0.167. The summed E-state index contributed by atoms with van der Waals surface area (Å²) in [5.41, 5.74) is 0.156. The highest BCUT2D eigenvalue weighted by molar-refractivity contribution is 7.09. The molecule has 220 valence electrons. The van der Waals surface area contributed by atoms with Crippen molar-refractivity contribution in [3.8, 4) is 5.75 Å². The van der Waals surface area contributed by atoms with Crippen LogP contribution in [0.5, 0.6) is 5.75 Å². The second-order valence-electron chi connectivity index (χ2n) is 12.8. The summed E-state index contributed by atoms with van der Waals surface area (Å²) >= 11 is 1.47. The van der Waals surface area contributed by atoms with Gasteiger partial charge in [0.05, 0.1) is 19.8 Å². The second-order valence-corrected chi connectivity index (χ2v) is 13.7. The topological polar surface area (TPSA) is 78.0 Å². The van der Waals surface area contributed by atoms with Crippen molar-refractivity contribution in [1.29, 1.82) is 0 Å². The van der Waals surface area contributed by atoms with Gasteiger partial charge in [-0.2, -0.15) is 0 Å². The molecule has 0 saturated carbocycles. The van der Waals surface area contributed by atoms with E-state index in [1.807, 2.05) is 68.6 Å². The minimum Gasteiger partial charge on any atom is -0.496 e. The zero-order valence-electron chi connectivity index (χ0n) is 25.4. The number of methoxy groups -OCH3 is 2. The third-order valence-corrected chi connectivity index (χ3v) is 8.31. The number of rotatable bonds is 8. The Morgan fingerprint density at radius 2 is 1.76 bits per heavy atom. The molecule has 1 aliphatic rings. The number of hydrogen-bond acceptors (Lipinski definition) is 7. The Bertz CT molecular complexity index is 1340. The molecule has 1 fully saturated rings. The van der Waals surface area contributed by atoms with E-state index < -0.39 is 23.2 Å². The van der Waals surface area contributed by atoms with E-state index in [0.29, 0.717) is 30.8 Å². The van der Waals surface area contributed by atoms with Gasteiger partial charge in [0.25, 0.3) is 5.91 Å². The minimum atomic E-state index is -1.29. The summed E-state index contributed by atoms with van der Waals surface area (Å²) in [6.45, 7) is 12.2. The van der Waals surface area contributed by atoms with Gasteiger partial charge in [0.15, 0.2) is 0 Å². The zero-order chi connectivity index (χ0) is 30.0. The molecule has 3 atom stereocenters. The molecule has 1 unspecified atom stereocenters. The Labute approximate surface area is 247 Å². The van der Waals surface area contributed by atoms with Gasteiger partial charge in [-0.05, 0) is 55.9 Å².